The lowest BCUT2D eigenvalue weighted by Gasteiger charge is -2.14. The molecule has 6 heteroatoms. The number of carbonyl (C=O) groups is 1. The largest absolute Gasteiger partial charge is 0.505 e. The third kappa shape index (κ3) is 3.72. The Morgan fingerprint density at radius 3 is 2.67 bits per heavy atom. The molecule has 0 radical (unpaired) electrons. The molecule has 4 N–H and O–H groups in total. The Hall–Kier alpha value is -1.59. The van der Waals surface area contributed by atoms with E-state index in [4.69, 9.17) is 10.8 Å². The van der Waals surface area contributed by atoms with E-state index in [1.807, 2.05) is 0 Å². The molecule has 4 nitrogen and oxygen atoms in total. The third-order valence-electron chi connectivity index (χ3n) is 2.42. The van der Waals surface area contributed by atoms with E-state index in [1.165, 1.54) is 6.07 Å². The number of phenols is 1. The van der Waals surface area contributed by atoms with E-state index in [1.54, 1.807) is 6.08 Å². The van der Waals surface area contributed by atoms with Crippen LogP contribution in [0.3, 0.4) is 0 Å². The summed E-state index contributed by atoms with van der Waals surface area (Å²) in [7, 11) is 0. The van der Waals surface area contributed by atoms with Crippen LogP contribution < -0.4 is 5.73 Å². The fraction of sp³-hybridized carbons (Fsp3) is 0.250. The van der Waals surface area contributed by atoms with Crippen molar-refractivity contribution in [1.29, 1.82) is 0 Å². The second-order valence-electron chi connectivity index (χ2n) is 3.67. The summed E-state index contributed by atoms with van der Waals surface area (Å²) in [4.78, 5) is 10.7. The van der Waals surface area contributed by atoms with E-state index >= 15 is 0 Å². The second-order valence-corrected chi connectivity index (χ2v) is 3.67. The number of aromatic carboxylic acids is 1. The Morgan fingerprint density at radius 2 is 2.17 bits per heavy atom. The minimum absolute atomic E-state index is 0. The van der Waals surface area contributed by atoms with Crippen LogP contribution in [-0.4, -0.2) is 16.2 Å². The number of carboxylic acids is 1. The number of hydrogen-bond acceptors (Lipinski definition) is 3. The smallest absolute Gasteiger partial charge is 0.335 e. The highest BCUT2D eigenvalue weighted by molar-refractivity contribution is 5.88. The van der Waals surface area contributed by atoms with Gasteiger partial charge in [-0.15, -0.1) is 19.0 Å². The van der Waals surface area contributed by atoms with Gasteiger partial charge in [0.1, 0.15) is 0 Å². The van der Waals surface area contributed by atoms with Crippen LogP contribution in [0.5, 0.6) is 5.75 Å². The maximum absolute atomic E-state index is 13.3. The van der Waals surface area contributed by atoms with Crippen molar-refractivity contribution in [3.63, 3.8) is 0 Å². The molecular weight excluding hydrogens is 261 g/mol. The Balaban J connectivity index is 0.00000289. The topological polar surface area (TPSA) is 83.6 Å². The minimum atomic E-state index is -1.26. The monoisotopic (exact) mass is 275 g/mol. The summed E-state index contributed by atoms with van der Waals surface area (Å²) < 4.78 is 13.3. The second kappa shape index (κ2) is 6.98. The molecule has 0 fully saturated rings. The lowest BCUT2D eigenvalue weighted by atomic mass is 9.99. The average molecular weight is 276 g/mol. The molecule has 0 amide bonds. The van der Waals surface area contributed by atoms with Gasteiger partial charge < -0.3 is 15.9 Å². The Bertz CT molecular complexity index is 451. The molecule has 1 aromatic rings. The van der Waals surface area contributed by atoms with Crippen LogP contribution in [0.25, 0.3) is 0 Å². The van der Waals surface area contributed by atoms with Crippen molar-refractivity contribution in [2.75, 3.05) is 0 Å². The first-order valence-corrected chi connectivity index (χ1v) is 5.09. The van der Waals surface area contributed by atoms with Crippen molar-refractivity contribution in [3.8, 4) is 5.75 Å². The average Bonchev–Trinajstić information content (AvgIpc) is 2.29. The summed E-state index contributed by atoms with van der Waals surface area (Å²) >= 11 is 0. The molecule has 0 heterocycles. The molecule has 18 heavy (non-hydrogen) atoms. The molecule has 0 aliphatic rings. The van der Waals surface area contributed by atoms with Gasteiger partial charge in [-0.05, 0) is 25.0 Å². The number of nitrogens with two attached hydrogens (primary N) is 1. The molecular formula is C12H15ClFNO3. The molecule has 0 unspecified atom stereocenters. The number of phenolic OH excluding ortho intramolecular Hbond substituents is 1. The van der Waals surface area contributed by atoms with Gasteiger partial charge >= 0.3 is 5.97 Å². The van der Waals surface area contributed by atoms with Crippen molar-refractivity contribution in [2.24, 2.45) is 5.73 Å². The first kappa shape index (κ1) is 16.4. The first-order valence-electron chi connectivity index (χ1n) is 5.09. The molecule has 0 spiro atoms. The van der Waals surface area contributed by atoms with E-state index in [9.17, 15) is 14.3 Å². The third-order valence-corrected chi connectivity index (χ3v) is 2.42. The normalized spacial score (nSPS) is 11.4. The number of aromatic hydroxyl groups is 1. The summed E-state index contributed by atoms with van der Waals surface area (Å²) in [6.45, 7) is 3.53. The number of hydrogen-bond donors (Lipinski definition) is 3. The number of halogens is 2. The maximum Gasteiger partial charge on any atom is 0.335 e. The van der Waals surface area contributed by atoms with Crippen molar-refractivity contribution in [1.82, 2.24) is 0 Å². The van der Waals surface area contributed by atoms with E-state index in [2.05, 4.69) is 6.58 Å². The van der Waals surface area contributed by atoms with Gasteiger partial charge in [-0.2, -0.15) is 0 Å². The summed E-state index contributed by atoms with van der Waals surface area (Å²) in [5.41, 5.74) is 5.62. The fourth-order valence-electron chi connectivity index (χ4n) is 1.48. The summed E-state index contributed by atoms with van der Waals surface area (Å²) in [5, 5.41) is 18.3. The van der Waals surface area contributed by atoms with Gasteiger partial charge in [0.05, 0.1) is 5.56 Å². The number of benzene rings is 1. The molecule has 0 aliphatic heterocycles. The Morgan fingerprint density at radius 1 is 1.56 bits per heavy atom. The summed E-state index contributed by atoms with van der Waals surface area (Å²) in [6.07, 6.45) is 2.70. The molecule has 0 saturated carbocycles. The highest BCUT2D eigenvalue weighted by atomic mass is 35.5. The fourth-order valence-corrected chi connectivity index (χ4v) is 1.48. The van der Waals surface area contributed by atoms with Crippen LogP contribution in [-0.2, 0) is 0 Å². The predicted molar refractivity (Wildman–Crippen MR) is 68.6 cm³/mol. The molecule has 1 atom stereocenters. The van der Waals surface area contributed by atoms with Gasteiger partial charge in [0, 0.05) is 11.6 Å². The van der Waals surface area contributed by atoms with Crippen LogP contribution in [0.4, 0.5) is 4.39 Å². The Kier molecular flexibility index (Phi) is 6.36. The molecule has 100 valence electrons. The quantitative estimate of drug-likeness (QED) is 0.721. The van der Waals surface area contributed by atoms with Crippen LogP contribution in [0.2, 0.25) is 0 Å². The Labute approximate surface area is 110 Å². The number of allylic oxidation sites excluding steroid dienone is 1. The van der Waals surface area contributed by atoms with E-state index in [0.29, 0.717) is 12.8 Å². The van der Waals surface area contributed by atoms with E-state index < -0.39 is 23.6 Å². The minimum Gasteiger partial charge on any atom is -0.505 e. The van der Waals surface area contributed by atoms with Crippen molar-refractivity contribution in [2.45, 2.75) is 18.9 Å². The number of carboxylic acid groups (broad SMARTS) is 1. The van der Waals surface area contributed by atoms with Gasteiger partial charge in [0.25, 0.3) is 0 Å². The summed E-state index contributed by atoms with van der Waals surface area (Å²) in [6, 6.07) is 1.33. The van der Waals surface area contributed by atoms with Gasteiger partial charge in [0.2, 0.25) is 0 Å². The van der Waals surface area contributed by atoms with Crippen LogP contribution in [0.1, 0.15) is 34.8 Å². The predicted octanol–water partition coefficient (Wildman–Crippen LogP) is 2.62. The first-order chi connectivity index (χ1) is 7.97. The zero-order valence-electron chi connectivity index (χ0n) is 9.60. The zero-order chi connectivity index (χ0) is 13.0. The van der Waals surface area contributed by atoms with Crippen molar-refractivity contribution >= 4 is 18.4 Å². The van der Waals surface area contributed by atoms with Gasteiger partial charge in [-0.3, -0.25) is 0 Å². The standard InChI is InChI=1S/C12H14FNO3.ClH/c1-2-3-4-10(14)8-5-7(12(16)17)6-9(13)11(8)15;/h2,5-6,10,15H,1,3-4,14H2,(H,16,17);1H/t10-;/m1./s1. The zero-order valence-corrected chi connectivity index (χ0v) is 10.4. The molecule has 0 bridgehead atoms. The van der Waals surface area contributed by atoms with Crippen molar-refractivity contribution < 1.29 is 19.4 Å². The highest BCUT2D eigenvalue weighted by Gasteiger charge is 2.17. The molecule has 0 aliphatic carbocycles. The highest BCUT2D eigenvalue weighted by Crippen LogP contribution is 2.29. The maximum atomic E-state index is 13.3. The lowest BCUT2D eigenvalue weighted by molar-refractivity contribution is 0.0696. The lowest BCUT2D eigenvalue weighted by Crippen LogP contribution is -2.12. The molecule has 1 aromatic carbocycles. The van der Waals surface area contributed by atoms with Gasteiger partial charge in [0.15, 0.2) is 11.6 Å². The molecule has 1 rings (SSSR count). The van der Waals surface area contributed by atoms with Crippen LogP contribution >= 0.6 is 12.4 Å². The van der Waals surface area contributed by atoms with E-state index in [0.717, 1.165) is 6.07 Å². The van der Waals surface area contributed by atoms with E-state index in [-0.39, 0.29) is 23.5 Å². The summed E-state index contributed by atoms with van der Waals surface area (Å²) in [5.74, 6) is -2.83. The molecule has 0 aromatic heterocycles. The number of rotatable bonds is 5. The molecule has 0 saturated heterocycles. The van der Waals surface area contributed by atoms with Crippen LogP contribution in [0.15, 0.2) is 24.8 Å². The van der Waals surface area contributed by atoms with Crippen molar-refractivity contribution in [3.05, 3.63) is 41.7 Å². The van der Waals surface area contributed by atoms with Gasteiger partial charge in [-0.25, -0.2) is 9.18 Å². The van der Waals surface area contributed by atoms with Gasteiger partial charge in [-0.1, -0.05) is 6.08 Å². The SMILES string of the molecule is C=CCC[C@@H](N)c1cc(C(=O)O)cc(F)c1O.Cl. The van der Waals surface area contributed by atoms with Crippen LogP contribution in [0, 0.1) is 5.82 Å².